The van der Waals surface area contributed by atoms with Crippen molar-refractivity contribution in [1.29, 1.82) is 0 Å². The third-order valence-corrected chi connectivity index (χ3v) is 7.02. The highest BCUT2D eigenvalue weighted by Crippen LogP contribution is 2.48. The summed E-state index contributed by atoms with van der Waals surface area (Å²) in [6.07, 6.45) is 8.28. The minimum absolute atomic E-state index is 0.105. The molecule has 2 unspecified atom stereocenters. The number of rotatable bonds is 9. The zero-order chi connectivity index (χ0) is 17.5. The van der Waals surface area contributed by atoms with Gasteiger partial charge in [-0.2, -0.15) is 0 Å². The number of unbranched alkanes of at least 4 members (excludes halogenated alkanes) is 2. The molecular weight excluding hydrogens is 313 g/mol. The van der Waals surface area contributed by atoms with Crippen molar-refractivity contribution < 1.29 is 19.4 Å². The normalized spacial score (nSPS) is 21.4. The van der Waals surface area contributed by atoms with Crippen LogP contribution in [0.4, 0.5) is 0 Å². The maximum atomic E-state index is 12.5. The van der Waals surface area contributed by atoms with Gasteiger partial charge < -0.3 is 15.7 Å². The molecular formula is C17H32NO4P. The van der Waals surface area contributed by atoms with Gasteiger partial charge in [-0.1, -0.05) is 51.0 Å². The molecule has 0 aromatic carbocycles. The number of carboxylic acid groups (broad SMARTS) is 1. The number of allylic oxidation sites excluding steroid dienone is 1. The molecule has 0 aromatic rings. The number of hydrogen-bond acceptors (Lipinski definition) is 3. The van der Waals surface area contributed by atoms with Gasteiger partial charge in [0.25, 0.3) is 0 Å². The third kappa shape index (κ3) is 6.40. The summed E-state index contributed by atoms with van der Waals surface area (Å²) < 4.78 is 12.5. The van der Waals surface area contributed by atoms with Crippen LogP contribution in [-0.2, 0) is 9.36 Å². The molecule has 0 amide bonds. The van der Waals surface area contributed by atoms with E-state index in [4.69, 9.17) is 5.73 Å². The van der Waals surface area contributed by atoms with E-state index < -0.39 is 19.1 Å². The highest BCUT2D eigenvalue weighted by atomic mass is 31.2. The Morgan fingerprint density at radius 1 is 1.26 bits per heavy atom. The van der Waals surface area contributed by atoms with Crippen LogP contribution in [0.3, 0.4) is 0 Å². The molecule has 0 aliphatic heterocycles. The van der Waals surface area contributed by atoms with Gasteiger partial charge in [-0.15, -0.1) is 0 Å². The first-order valence-corrected chi connectivity index (χ1v) is 10.7. The van der Waals surface area contributed by atoms with Crippen LogP contribution in [0.1, 0.15) is 71.6 Å². The third-order valence-electron chi connectivity index (χ3n) is 4.96. The van der Waals surface area contributed by atoms with Gasteiger partial charge in [0.15, 0.2) is 0 Å². The zero-order valence-corrected chi connectivity index (χ0v) is 15.4. The second-order valence-electron chi connectivity index (χ2n) is 6.78. The summed E-state index contributed by atoms with van der Waals surface area (Å²) in [4.78, 5) is 21.9. The summed E-state index contributed by atoms with van der Waals surface area (Å²) in [6.45, 7) is 3.87. The van der Waals surface area contributed by atoms with E-state index in [1.807, 2.05) is 6.92 Å². The molecule has 0 heterocycles. The van der Waals surface area contributed by atoms with Gasteiger partial charge in [-0.05, 0) is 32.1 Å². The Bertz CT molecular complexity index is 469. The van der Waals surface area contributed by atoms with Crippen molar-refractivity contribution in [3.63, 3.8) is 0 Å². The van der Waals surface area contributed by atoms with Gasteiger partial charge in [0, 0.05) is 5.57 Å². The Hall–Kier alpha value is -0.640. The van der Waals surface area contributed by atoms with Crippen molar-refractivity contribution in [3.8, 4) is 0 Å². The number of carboxylic acids is 1. The number of hydrogen-bond donors (Lipinski definition) is 3. The molecule has 0 spiro atoms. The van der Waals surface area contributed by atoms with E-state index >= 15 is 0 Å². The maximum absolute atomic E-state index is 12.5. The fourth-order valence-electron chi connectivity index (χ4n) is 3.29. The lowest BCUT2D eigenvalue weighted by molar-refractivity contribution is -0.132. The Morgan fingerprint density at radius 3 is 2.39 bits per heavy atom. The van der Waals surface area contributed by atoms with Crippen molar-refractivity contribution in [2.24, 2.45) is 11.7 Å². The Kier molecular flexibility index (Phi) is 8.52. The molecule has 1 fully saturated rings. The first-order chi connectivity index (χ1) is 10.8. The van der Waals surface area contributed by atoms with E-state index in [1.54, 1.807) is 0 Å². The predicted octanol–water partition coefficient (Wildman–Crippen LogP) is 4.10. The molecule has 23 heavy (non-hydrogen) atoms. The molecule has 4 N–H and O–H groups in total. The Morgan fingerprint density at radius 2 is 1.87 bits per heavy atom. The van der Waals surface area contributed by atoms with E-state index in [9.17, 15) is 19.4 Å². The van der Waals surface area contributed by atoms with E-state index in [-0.39, 0.29) is 17.7 Å². The second-order valence-corrected chi connectivity index (χ2v) is 9.27. The standard InChI is InChI=1S/C17H32NO4P/c1-3-4-6-11-16(18)23(21,22)12-15(17(19)20)13(2)14-9-7-5-8-10-14/h14,16H,3-12,18H2,1-2H3,(H,19,20)(H,21,22)/b15-13+. The van der Waals surface area contributed by atoms with Crippen molar-refractivity contribution >= 4 is 13.3 Å². The lowest BCUT2D eigenvalue weighted by Crippen LogP contribution is -2.24. The highest BCUT2D eigenvalue weighted by Gasteiger charge is 2.32. The number of nitrogens with two attached hydrogens (primary N) is 1. The van der Waals surface area contributed by atoms with Crippen molar-refractivity contribution in [2.45, 2.75) is 77.4 Å². The molecule has 0 bridgehead atoms. The molecule has 2 atom stereocenters. The minimum atomic E-state index is -3.70. The van der Waals surface area contributed by atoms with Gasteiger partial charge in [0.2, 0.25) is 7.37 Å². The van der Waals surface area contributed by atoms with Gasteiger partial charge >= 0.3 is 5.97 Å². The predicted molar refractivity (Wildman–Crippen MR) is 93.7 cm³/mol. The van der Waals surface area contributed by atoms with Crippen molar-refractivity contribution in [2.75, 3.05) is 6.16 Å². The van der Waals surface area contributed by atoms with Crippen LogP contribution < -0.4 is 5.73 Å². The van der Waals surface area contributed by atoms with E-state index in [0.717, 1.165) is 50.5 Å². The summed E-state index contributed by atoms with van der Waals surface area (Å²) in [6, 6.07) is 0. The van der Waals surface area contributed by atoms with Crippen molar-refractivity contribution in [3.05, 3.63) is 11.1 Å². The topological polar surface area (TPSA) is 101 Å². The van der Waals surface area contributed by atoms with E-state index in [1.165, 1.54) is 6.42 Å². The molecule has 6 heteroatoms. The largest absolute Gasteiger partial charge is 0.478 e. The Labute approximate surface area is 139 Å². The zero-order valence-electron chi connectivity index (χ0n) is 14.5. The molecule has 1 aliphatic rings. The van der Waals surface area contributed by atoms with Crippen LogP contribution in [-0.4, -0.2) is 27.9 Å². The molecule has 0 radical (unpaired) electrons. The fraction of sp³-hybridized carbons (Fsp3) is 0.824. The monoisotopic (exact) mass is 345 g/mol. The lowest BCUT2D eigenvalue weighted by Gasteiger charge is -2.26. The molecule has 5 nitrogen and oxygen atoms in total. The molecule has 1 saturated carbocycles. The van der Waals surface area contributed by atoms with Gasteiger partial charge in [0.05, 0.1) is 11.9 Å². The summed E-state index contributed by atoms with van der Waals surface area (Å²) in [5.41, 5.74) is 6.77. The van der Waals surface area contributed by atoms with Gasteiger partial charge in [-0.3, -0.25) is 4.57 Å². The fourth-order valence-corrected chi connectivity index (χ4v) is 4.95. The lowest BCUT2D eigenvalue weighted by atomic mass is 9.82. The van der Waals surface area contributed by atoms with Crippen LogP contribution in [0.25, 0.3) is 0 Å². The van der Waals surface area contributed by atoms with E-state index in [2.05, 4.69) is 6.92 Å². The van der Waals surface area contributed by atoms with Crippen LogP contribution >= 0.6 is 7.37 Å². The molecule has 0 aromatic heterocycles. The first kappa shape index (κ1) is 20.4. The van der Waals surface area contributed by atoms with Gasteiger partial charge in [-0.25, -0.2) is 4.79 Å². The van der Waals surface area contributed by atoms with Crippen LogP contribution in [0.15, 0.2) is 11.1 Å². The average Bonchev–Trinajstić information content (AvgIpc) is 2.52. The maximum Gasteiger partial charge on any atom is 0.332 e. The summed E-state index contributed by atoms with van der Waals surface area (Å²) in [5, 5.41) is 9.50. The molecule has 0 saturated heterocycles. The smallest absolute Gasteiger partial charge is 0.332 e. The number of aliphatic carboxylic acids is 1. The molecule has 1 aliphatic carbocycles. The van der Waals surface area contributed by atoms with E-state index in [0.29, 0.717) is 6.42 Å². The van der Waals surface area contributed by atoms with Crippen LogP contribution in [0.2, 0.25) is 0 Å². The molecule has 134 valence electrons. The minimum Gasteiger partial charge on any atom is -0.478 e. The second kappa shape index (κ2) is 9.61. The Balaban J connectivity index is 2.84. The summed E-state index contributed by atoms with van der Waals surface area (Å²) in [5.74, 6) is -1.68. The molecule has 1 rings (SSSR count). The van der Waals surface area contributed by atoms with Gasteiger partial charge in [0.1, 0.15) is 0 Å². The average molecular weight is 345 g/mol. The van der Waals surface area contributed by atoms with Crippen LogP contribution in [0.5, 0.6) is 0 Å². The SMILES string of the molecule is CCCCCC(N)P(=O)(O)C/C(C(=O)O)=C(/C)C1CCCCC1. The quantitative estimate of drug-likeness (QED) is 0.332. The summed E-state index contributed by atoms with van der Waals surface area (Å²) >= 11 is 0. The van der Waals surface area contributed by atoms with Crippen LogP contribution in [0, 0.1) is 5.92 Å². The first-order valence-electron chi connectivity index (χ1n) is 8.79. The van der Waals surface area contributed by atoms with Crippen molar-refractivity contribution in [1.82, 2.24) is 0 Å². The number of carbonyl (C=O) groups is 1. The summed E-state index contributed by atoms with van der Waals surface area (Å²) in [7, 11) is -3.70. The highest BCUT2D eigenvalue weighted by molar-refractivity contribution is 7.59.